The monoisotopic (exact) mass is 671 g/mol. The first-order valence-electron chi connectivity index (χ1n) is 19.1. The van der Waals surface area contributed by atoms with Crippen LogP contribution in [0.1, 0.15) is 155 Å². The molecule has 274 valence electrons. The third-order valence-electron chi connectivity index (χ3n) is 7.86. The van der Waals surface area contributed by atoms with Crippen LogP contribution in [0.25, 0.3) is 0 Å². The third kappa shape index (κ3) is 34.6. The van der Waals surface area contributed by atoms with Gasteiger partial charge in [-0.1, -0.05) is 170 Å². The minimum atomic E-state index is -0.837. The summed E-state index contributed by atoms with van der Waals surface area (Å²) in [4.78, 5) is 24.2. The molecule has 0 saturated carbocycles. The Bertz CT molecular complexity index is 913. The summed E-state index contributed by atoms with van der Waals surface area (Å²) in [5, 5.41) is 19.6. The Morgan fingerprint density at radius 2 is 1.15 bits per heavy atom. The molecule has 0 heterocycles. The van der Waals surface area contributed by atoms with Crippen LogP contribution in [-0.4, -0.2) is 47.6 Å². The number of aliphatic hydroxyl groups excluding tert-OH is 2. The molecule has 0 aromatic rings. The molecular weight excluding hydrogens is 600 g/mol. The first-order chi connectivity index (χ1) is 23.5. The molecule has 0 aliphatic carbocycles. The summed E-state index contributed by atoms with van der Waals surface area (Å²) in [5.41, 5.74) is 0. The summed E-state index contributed by atoms with van der Waals surface area (Å²) in [6.45, 7) is 3.86. The zero-order valence-electron chi connectivity index (χ0n) is 30.6. The van der Waals surface area contributed by atoms with E-state index in [1.165, 1.54) is 70.6 Å². The van der Waals surface area contributed by atoms with Crippen LogP contribution in [0.5, 0.6) is 0 Å². The predicted molar refractivity (Wildman–Crippen MR) is 202 cm³/mol. The van der Waals surface area contributed by atoms with Gasteiger partial charge in [0.15, 0.2) is 6.10 Å². The molecule has 0 amide bonds. The summed E-state index contributed by atoms with van der Waals surface area (Å²) in [6.07, 6.45) is 45.6. The van der Waals surface area contributed by atoms with Gasteiger partial charge in [-0.05, 0) is 44.9 Å². The van der Waals surface area contributed by atoms with Crippen molar-refractivity contribution in [1.82, 2.24) is 0 Å². The molecule has 2 N–H and O–H groups in total. The molecular formula is C42H70O6. The Morgan fingerprint density at radius 3 is 1.71 bits per heavy atom. The van der Waals surface area contributed by atoms with Gasteiger partial charge in [-0.3, -0.25) is 9.59 Å². The minimum absolute atomic E-state index is 0.148. The topological polar surface area (TPSA) is 93.1 Å². The molecule has 0 aromatic heterocycles. The quantitative estimate of drug-likeness (QED) is 0.0312. The van der Waals surface area contributed by atoms with Crippen molar-refractivity contribution in [3.05, 3.63) is 72.9 Å². The molecule has 0 fully saturated rings. The lowest BCUT2D eigenvalue weighted by Crippen LogP contribution is -2.28. The van der Waals surface area contributed by atoms with E-state index in [1.54, 1.807) is 6.08 Å². The Balaban J connectivity index is 3.82. The van der Waals surface area contributed by atoms with Gasteiger partial charge in [-0.25, -0.2) is 0 Å². The first kappa shape index (κ1) is 45.3. The number of hydrogen-bond donors (Lipinski definition) is 2. The zero-order valence-corrected chi connectivity index (χ0v) is 30.6. The maximum atomic E-state index is 12.1. The molecule has 0 saturated heterocycles. The van der Waals surface area contributed by atoms with Crippen molar-refractivity contribution in [1.29, 1.82) is 0 Å². The smallest absolute Gasteiger partial charge is 0.306 e. The van der Waals surface area contributed by atoms with Crippen LogP contribution in [0.2, 0.25) is 0 Å². The van der Waals surface area contributed by atoms with E-state index in [1.807, 2.05) is 30.4 Å². The van der Waals surface area contributed by atoms with Crippen LogP contribution in [0.15, 0.2) is 72.9 Å². The second-order valence-corrected chi connectivity index (χ2v) is 12.5. The van der Waals surface area contributed by atoms with Gasteiger partial charge in [0.05, 0.1) is 12.7 Å². The largest absolute Gasteiger partial charge is 0.462 e. The van der Waals surface area contributed by atoms with Gasteiger partial charge >= 0.3 is 11.9 Å². The number of aliphatic hydroxyl groups is 2. The molecule has 6 nitrogen and oxygen atoms in total. The normalized spacial score (nSPS) is 13.7. The Hall–Kier alpha value is -2.70. The van der Waals surface area contributed by atoms with Crippen molar-refractivity contribution < 1.29 is 29.3 Å². The summed E-state index contributed by atoms with van der Waals surface area (Å²) in [7, 11) is 0. The molecule has 48 heavy (non-hydrogen) atoms. The van der Waals surface area contributed by atoms with Crippen molar-refractivity contribution in [2.24, 2.45) is 0 Å². The van der Waals surface area contributed by atoms with Crippen molar-refractivity contribution in [2.45, 2.75) is 167 Å². The van der Waals surface area contributed by atoms with E-state index < -0.39 is 18.2 Å². The average molecular weight is 671 g/mol. The van der Waals surface area contributed by atoms with Crippen LogP contribution < -0.4 is 0 Å². The first-order valence-corrected chi connectivity index (χ1v) is 19.1. The van der Waals surface area contributed by atoms with E-state index in [0.29, 0.717) is 19.3 Å². The molecule has 0 bridgehead atoms. The van der Waals surface area contributed by atoms with Gasteiger partial charge in [0.2, 0.25) is 0 Å². The molecule has 0 aliphatic heterocycles. The maximum Gasteiger partial charge on any atom is 0.306 e. The number of unbranched alkanes of at least 4 members (excludes halogenated alkanes) is 13. The highest BCUT2D eigenvalue weighted by atomic mass is 16.6. The van der Waals surface area contributed by atoms with E-state index in [4.69, 9.17) is 9.47 Å². The fourth-order valence-electron chi connectivity index (χ4n) is 4.96. The van der Waals surface area contributed by atoms with E-state index in [-0.39, 0.29) is 25.6 Å². The third-order valence-corrected chi connectivity index (χ3v) is 7.86. The second kappa shape index (κ2) is 37.1. The lowest BCUT2D eigenvalue weighted by Gasteiger charge is -2.15. The summed E-state index contributed by atoms with van der Waals surface area (Å²) in [6, 6.07) is 0. The summed E-state index contributed by atoms with van der Waals surface area (Å²) < 4.78 is 10.5. The number of rotatable bonds is 33. The molecule has 0 aliphatic rings. The standard InChI is InChI=1S/C42H70O6/c1-3-5-7-9-11-13-15-17-19-21-23-25-27-31-36-42(46)48-40(37-43)38-47-41(45)35-32-28-30-34-39(44)33-29-26-24-22-20-18-16-14-12-10-8-6-4-2/h6,8,12,14,18,20,24,26,28-30,33,39-40,43-44H,3-5,7,9-11,13,15-17,19,21-23,25,27,31-32,34-38H2,1-2H3/b8-6-,14-12-,20-18-,26-24-,30-28-,33-29-/t39?,40-/m0/s1. The van der Waals surface area contributed by atoms with Gasteiger partial charge < -0.3 is 19.7 Å². The van der Waals surface area contributed by atoms with Gasteiger partial charge in [0.25, 0.3) is 0 Å². The van der Waals surface area contributed by atoms with E-state index in [9.17, 15) is 19.8 Å². The van der Waals surface area contributed by atoms with Crippen LogP contribution in [0.3, 0.4) is 0 Å². The fraction of sp³-hybridized carbons (Fsp3) is 0.667. The number of allylic oxidation sites excluding steroid dienone is 10. The average Bonchev–Trinajstić information content (AvgIpc) is 3.08. The Morgan fingerprint density at radius 1 is 0.604 bits per heavy atom. The molecule has 6 heteroatoms. The van der Waals surface area contributed by atoms with Crippen LogP contribution in [0.4, 0.5) is 0 Å². The van der Waals surface area contributed by atoms with Gasteiger partial charge in [0.1, 0.15) is 6.61 Å². The number of esters is 2. The van der Waals surface area contributed by atoms with E-state index in [0.717, 1.165) is 44.9 Å². The highest BCUT2D eigenvalue weighted by Crippen LogP contribution is 2.14. The molecule has 0 spiro atoms. The predicted octanol–water partition coefficient (Wildman–Crippen LogP) is 10.8. The summed E-state index contributed by atoms with van der Waals surface area (Å²) >= 11 is 0. The maximum absolute atomic E-state index is 12.1. The SMILES string of the molecule is CC/C=C\C/C=C\C/C=C\C/C=C\C=C/C(O)C/C=C\CCC(=O)OC[C@H](CO)OC(=O)CCCCCCCCCCCCCCCC. The van der Waals surface area contributed by atoms with Gasteiger partial charge in [-0.2, -0.15) is 0 Å². The molecule has 0 aromatic carbocycles. The molecule has 0 radical (unpaired) electrons. The number of hydrogen-bond acceptors (Lipinski definition) is 6. The van der Waals surface area contributed by atoms with E-state index >= 15 is 0 Å². The van der Waals surface area contributed by atoms with Crippen molar-refractivity contribution in [3.8, 4) is 0 Å². The Labute approximate surface area is 294 Å². The molecule has 2 atom stereocenters. The van der Waals surface area contributed by atoms with Gasteiger partial charge in [0, 0.05) is 12.8 Å². The number of ether oxygens (including phenoxy) is 2. The van der Waals surface area contributed by atoms with E-state index in [2.05, 4.69) is 50.3 Å². The zero-order chi connectivity index (χ0) is 35.2. The van der Waals surface area contributed by atoms with Crippen LogP contribution >= 0.6 is 0 Å². The fourth-order valence-corrected chi connectivity index (χ4v) is 4.96. The van der Waals surface area contributed by atoms with Crippen LogP contribution in [-0.2, 0) is 19.1 Å². The molecule has 0 rings (SSSR count). The van der Waals surface area contributed by atoms with Crippen molar-refractivity contribution >= 4 is 11.9 Å². The van der Waals surface area contributed by atoms with Crippen molar-refractivity contribution in [3.63, 3.8) is 0 Å². The minimum Gasteiger partial charge on any atom is -0.462 e. The molecule has 1 unspecified atom stereocenters. The lowest BCUT2D eigenvalue weighted by atomic mass is 10.0. The second-order valence-electron chi connectivity index (χ2n) is 12.5. The highest BCUT2D eigenvalue weighted by molar-refractivity contribution is 5.70. The Kier molecular flexibility index (Phi) is 35.0. The number of carbonyl (C=O) groups is 2. The summed E-state index contributed by atoms with van der Waals surface area (Å²) in [5.74, 6) is -0.775. The van der Waals surface area contributed by atoms with Gasteiger partial charge in [-0.15, -0.1) is 0 Å². The highest BCUT2D eigenvalue weighted by Gasteiger charge is 2.15. The lowest BCUT2D eigenvalue weighted by molar-refractivity contribution is -0.161. The number of carbonyl (C=O) groups excluding carboxylic acids is 2. The van der Waals surface area contributed by atoms with Crippen LogP contribution in [0, 0.1) is 0 Å². The van der Waals surface area contributed by atoms with Crippen molar-refractivity contribution in [2.75, 3.05) is 13.2 Å².